The Bertz CT molecular complexity index is 720. The van der Waals surface area contributed by atoms with Crippen molar-refractivity contribution in [2.45, 2.75) is 25.7 Å². The third kappa shape index (κ3) is 6.18. The van der Waals surface area contributed by atoms with E-state index in [0.717, 1.165) is 17.7 Å². The maximum Gasteiger partial charge on any atom is 0.346 e. The van der Waals surface area contributed by atoms with E-state index in [-0.39, 0.29) is 18.9 Å². The van der Waals surface area contributed by atoms with Gasteiger partial charge in [0.2, 0.25) is 12.0 Å². The first kappa shape index (κ1) is 19.4. The predicted octanol–water partition coefficient (Wildman–Crippen LogP) is 2.38. The molecule has 2 rings (SSSR count). The highest BCUT2D eigenvalue weighted by molar-refractivity contribution is 5.81. The van der Waals surface area contributed by atoms with Gasteiger partial charge in [0.05, 0.1) is 13.2 Å². The topological polar surface area (TPSA) is 84.9 Å². The summed E-state index contributed by atoms with van der Waals surface area (Å²) in [7, 11) is 0. The fourth-order valence-electron chi connectivity index (χ4n) is 2.06. The van der Waals surface area contributed by atoms with E-state index in [9.17, 15) is 19.1 Å². The Morgan fingerprint density at radius 2 is 1.77 bits per heavy atom. The van der Waals surface area contributed by atoms with Crippen LogP contribution in [0.25, 0.3) is 0 Å². The highest BCUT2D eigenvalue weighted by atomic mass is 19.1. The van der Waals surface area contributed by atoms with Crippen LogP contribution in [0, 0.1) is 5.82 Å². The van der Waals surface area contributed by atoms with Crippen molar-refractivity contribution < 1.29 is 28.6 Å². The summed E-state index contributed by atoms with van der Waals surface area (Å²) in [5.74, 6) is -1.95. The van der Waals surface area contributed by atoms with Crippen molar-refractivity contribution in [2.75, 3.05) is 6.54 Å². The van der Waals surface area contributed by atoms with E-state index in [1.54, 1.807) is 6.92 Å². The van der Waals surface area contributed by atoms with Gasteiger partial charge < -0.3 is 19.9 Å². The number of carboxylic acid groups (broad SMARTS) is 1. The predicted molar refractivity (Wildman–Crippen MR) is 92.2 cm³/mol. The smallest absolute Gasteiger partial charge is 0.346 e. The van der Waals surface area contributed by atoms with Crippen LogP contribution in [-0.4, -0.2) is 35.7 Å². The maximum absolute atomic E-state index is 12.9. The number of benzene rings is 2. The Morgan fingerprint density at radius 3 is 2.38 bits per heavy atom. The zero-order valence-electron chi connectivity index (χ0n) is 14.2. The molecule has 0 aromatic heterocycles. The molecule has 0 aliphatic carbocycles. The number of carbonyl (C=O) groups is 2. The van der Waals surface area contributed by atoms with Gasteiger partial charge in [0, 0.05) is 0 Å². The molecule has 0 aliphatic heterocycles. The van der Waals surface area contributed by atoms with Crippen molar-refractivity contribution in [3.05, 3.63) is 66.0 Å². The lowest BCUT2D eigenvalue weighted by Gasteiger charge is -2.18. The minimum absolute atomic E-state index is 0.196. The van der Waals surface area contributed by atoms with Gasteiger partial charge in [0.1, 0.15) is 17.7 Å². The summed E-state index contributed by atoms with van der Waals surface area (Å²) >= 11 is 0. The lowest BCUT2D eigenvalue weighted by molar-refractivity contribution is -0.145. The number of amides is 1. The van der Waals surface area contributed by atoms with Crippen molar-refractivity contribution in [1.29, 1.82) is 0 Å². The van der Waals surface area contributed by atoms with Crippen LogP contribution in [0.2, 0.25) is 0 Å². The van der Waals surface area contributed by atoms with E-state index in [4.69, 9.17) is 9.47 Å². The number of ether oxygens (including phenoxy) is 2. The van der Waals surface area contributed by atoms with Crippen LogP contribution >= 0.6 is 0 Å². The Morgan fingerprint density at radius 1 is 1.12 bits per heavy atom. The molecular formula is C19H20FNO5. The lowest BCUT2D eigenvalue weighted by atomic mass is 10.2. The van der Waals surface area contributed by atoms with E-state index in [1.807, 2.05) is 30.3 Å². The number of rotatable bonds is 9. The summed E-state index contributed by atoms with van der Waals surface area (Å²) in [4.78, 5) is 23.3. The Hall–Kier alpha value is -2.93. The second kappa shape index (κ2) is 9.53. The van der Waals surface area contributed by atoms with E-state index >= 15 is 0 Å². The molecule has 0 bridgehead atoms. The van der Waals surface area contributed by atoms with Crippen molar-refractivity contribution in [3.63, 3.8) is 0 Å². The maximum atomic E-state index is 12.9. The van der Waals surface area contributed by atoms with Gasteiger partial charge in [-0.15, -0.1) is 0 Å². The lowest BCUT2D eigenvalue weighted by Crippen LogP contribution is -2.43. The molecule has 26 heavy (non-hydrogen) atoms. The van der Waals surface area contributed by atoms with Crippen molar-refractivity contribution in [2.24, 2.45) is 0 Å². The summed E-state index contributed by atoms with van der Waals surface area (Å²) in [6.07, 6.45) is -2.05. The molecule has 2 aromatic carbocycles. The Kier molecular flexibility index (Phi) is 7.11. The molecule has 7 heteroatoms. The molecular weight excluding hydrogens is 341 g/mol. The van der Waals surface area contributed by atoms with Gasteiger partial charge in [-0.1, -0.05) is 30.3 Å². The molecule has 2 unspecified atom stereocenters. The summed E-state index contributed by atoms with van der Waals surface area (Å²) in [5, 5.41) is 11.7. The van der Waals surface area contributed by atoms with Crippen LogP contribution in [0.15, 0.2) is 54.6 Å². The number of hydrogen-bond acceptors (Lipinski definition) is 4. The summed E-state index contributed by atoms with van der Waals surface area (Å²) in [6, 6.07) is 14.3. The van der Waals surface area contributed by atoms with E-state index in [0.29, 0.717) is 0 Å². The number of aliphatic carboxylic acids is 1. The highest BCUT2D eigenvalue weighted by Crippen LogP contribution is 2.13. The molecule has 0 saturated heterocycles. The molecule has 0 aliphatic rings. The number of nitrogens with one attached hydrogen (secondary N) is 1. The van der Waals surface area contributed by atoms with Gasteiger partial charge in [-0.2, -0.15) is 0 Å². The number of hydrogen-bond donors (Lipinski definition) is 2. The van der Waals surface area contributed by atoms with E-state index < -0.39 is 29.9 Å². The van der Waals surface area contributed by atoms with E-state index in [1.165, 1.54) is 12.1 Å². The normalized spacial score (nSPS) is 12.8. The first-order chi connectivity index (χ1) is 12.5. The first-order valence-electron chi connectivity index (χ1n) is 8.04. The molecule has 0 fully saturated rings. The highest BCUT2D eigenvalue weighted by Gasteiger charge is 2.22. The third-order valence-electron chi connectivity index (χ3n) is 3.54. The monoisotopic (exact) mass is 361 g/mol. The van der Waals surface area contributed by atoms with Crippen LogP contribution < -0.4 is 10.1 Å². The van der Waals surface area contributed by atoms with Crippen LogP contribution in [0.3, 0.4) is 0 Å². The van der Waals surface area contributed by atoms with Gasteiger partial charge in [-0.25, -0.2) is 9.18 Å². The molecule has 2 aromatic rings. The van der Waals surface area contributed by atoms with Gasteiger partial charge in [-0.3, -0.25) is 4.79 Å². The second-order valence-electron chi connectivity index (χ2n) is 5.58. The molecule has 0 spiro atoms. The quantitative estimate of drug-likeness (QED) is 0.716. The number of halogens is 1. The molecule has 1 amide bonds. The van der Waals surface area contributed by atoms with Gasteiger partial charge in [0.25, 0.3) is 0 Å². The minimum Gasteiger partial charge on any atom is -0.478 e. The first-order valence-corrected chi connectivity index (χ1v) is 8.04. The summed E-state index contributed by atoms with van der Waals surface area (Å²) < 4.78 is 23.6. The van der Waals surface area contributed by atoms with Gasteiger partial charge >= 0.3 is 5.97 Å². The zero-order chi connectivity index (χ0) is 18.9. The SMILES string of the molecule is CC(OCc1ccccc1)C(=O)NCC(Oc1ccc(F)cc1)C(=O)O. The van der Waals surface area contributed by atoms with Gasteiger partial charge in [-0.05, 0) is 36.8 Å². The standard InChI is InChI=1S/C19H20FNO5/c1-13(25-12-14-5-3-2-4-6-14)18(22)21-11-17(19(23)24)26-16-9-7-15(20)8-10-16/h2-10,13,17H,11-12H2,1H3,(H,21,22)(H,23,24). The largest absolute Gasteiger partial charge is 0.478 e. The molecule has 0 saturated carbocycles. The number of carbonyl (C=O) groups excluding carboxylic acids is 1. The fourth-order valence-corrected chi connectivity index (χ4v) is 2.06. The van der Waals surface area contributed by atoms with E-state index in [2.05, 4.69) is 5.32 Å². The fraction of sp³-hybridized carbons (Fsp3) is 0.263. The van der Waals surface area contributed by atoms with Crippen LogP contribution in [0.1, 0.15) is 12.5 Å². The van der Waals surface area contributed by atoms with Crippen molar-refractivity contribution in [1.82, 2.24) is 5.32 Å². The summed E-state index contributed by atoms with van der Waals surface area (Å²) in [5.41, 5.74) is 0.926. The zero-order valence-corrected chi connectivity index (χ0v) is 14.2. The number of carboxylic acids is 1. The molecule has 2 atom stereocenters. The second-order valence-corrected chi connectivity index (χ2v) is 5.58. The molecule has 0 radical (unpaired) electrons. The third-order valence-corrected chi connectivity index (χ3v) is 3.54. The van der Waals surface area contributed by atoms with Crippen molar-refractivity contribution in [3.8, 4) is 5.75 Å². The Labute approximate surface area is 150 Å². The van der Waals surface area contributed by atoms with Crippen LogP contribution in [0.4, 0.5) is 4.39 Å². The molecule has 0 heterocycles. The van der Waals surface area contributed by atoms with Crippen molar-refractivity contribution >= 4 is 11.9 Å². The Balaban J connectivity index is 1.82. The van der Waals surface area contributed by atoms with Gasteiger partial charge in [0.15, 0.2) is 0 Å². The van der Waals surface area contributed by atoms with Crippen LogP contribution in [0.5, 0.6) is 5.75 Å². The average Bonchev–Trinajstić information content (AvgIpc) is 2.65. The molecule has 138 valence electrons. The summed E-state index contributed by atoms with van der Waals surface area (Å²) in [6.45, 7) is 1.60. The molecule has 2 N–H and O–H groups in total. The van der Waals surface area contributed by atoms with Crippen LogP contribution in [-0.2, 0) is 20.9 Å². The molecule has 6 nitrogen and oxygen atoms in total. The minimum atomic E-state index is -1.30. The average molecular weight is 361 g/mol.